The standard InChI is InChI=1S/C29H26N2O4/c1-19(28(32)30-20-15-17-22(18-16-20)35-21-9-3-2-4-10-21)34-29(33)27-23-11-5-7-13-25(23)31-26-14-8-6-12-24(26)27/h2-5,7,9-11,13,15-19H,6,8,12,14H2,1H3,(H,30,32). The van der Waals surface area contributed by atoms with E-state index in [4.69, 9.17) is 14.5 Å². The Morgan fingerprint density at radius 2 is 1.54 bits per heavy atom. The number of hydrogen-bond acceptors (Lipinski definition) is 5. The summed E-state index contributed by atoms with van der Waals surface area (Å²) in [6, 6.07) is 24.1. The molecule has 0 radical (unpaired) electrons. The number of hydrogen-bond donors (Lipinski definition) is 1. The minimum absolute atomic E-state index is 0.401. The Morgan fingerprint density at radius 1 is 0.857 bits per heavy atom. The maximum absolute atomic E-state index is 13.3. The molecule has 6 heteroatoms. The molecule has 0 fully saturated rings. The molecule has 1 aromatic heterocycles. The summed E-state index contributed by atoms with van der Waals surface area (Å²) in [4.78, 5) is 30.8. The van der Waals surface area contributed by atoms with Gasteiger partial charge in [-0.1, -0.05) is 36.4 Å². The smallest absolute Gasteiger partial charge is 0.339 e. The fourth-order valence-electron chi connectivity index (χ4n) is 4.35. The molecule has 1 atom stereocenters. The van der Waals surface area contributed by atoms with Crippen LogP contribution in [0.25, 0.3) is 10.9 Å². The summed E-state index contributed by atoms with van der Waals surface area (Å²) < 4.78 is 11.4. The quantitative estimate of drug-likeness (QED) is 0.348. The number of aromatic nitrogens is 1. The first-order valence-electron chi connectivity index (χ1n) is 11.8. The van der Waals surface area contributed by atoms with Gasteiger partial charge in [0, 0.05) is 16.8 Å². The summed E-state index contributed by atoms with van der Waals surface area (Å²) in [7, 11) is 0. The average Bonchev–Trinajstić information content (AvgIpc) is 2.88. The molecule has 0 saturated heterocycles. The normalized spacial score (nSPS) is 13.5. The predicted molar refractivity (Wildman–Crippen MR) is 135 cm³/mol. The van der Waals surface area contributed by atoms with Gasteiger partial charge in [0.2, 0.25) is 0 Å². The average molecular weight is 467 g/mol. The number of anilines is 1. The summed E-state index contributed by atoms with van der Waals surface area (Å²) in [6.07, 6.45) is 2.73. The first-order chi connectivity index (χ1) is 17.1. The van der Waals surface area contributed by atoms with Crippen LogP contribution in [0.4, 0.5) is 5.69 Å². The van der Waals surface area contributed by atoms with Crippen molar-refractivity contribution in [1.29, 1.82) is 0 Å². The number of rotatable bonds is 6. The lowest BCUT2D eigenvalue weighted by Crippen LogP contribution is -2.30. The second-order valence-electron chi connectivity index (χ2n) is 8.61. The molecular formula is C29H26N2O4. The third kappa shape index (κ3) is 5.01. The van der Waals surface area contributed by atoms with Crippen molar-refractivity contribution < 1.29 is 19.1 Å². The van der Waals surface area contributed by atoms with Crippen LogP contribution >= 0.6 is 0 Å². The van der Waals surface area contributed by atoms with Crippen molar-refractivity contribution in [1.82, 2.24) is 4.98 Å². The van der Waals surface area contributed by atoms with Gasteiger partial charge in [-0.3, -0.25) is 9.78 Å². The molecule has 1 N–H and O–H groups in total. The van der Waals surface area contributed by atoms with Crippen molar-refractivity contribution in [2.45, 2.75) is 38.7 Å². The van der Waals surface area contributed by atoms with Gasteiger partial charge in [0.25, 0.3) is 5.91 Å². The summed E-state index contributed by atoms with van der Waals surface area (Å²) in [6.45, 7) is 1.58. The number of carbonyl (C=O) groups is 2. The number of benzene rings is 3. The van der Waals surface area contributed by atoms with Crippen LogP contribution in [0.1, 0.15) is 41.4 Å². The van der Waals surface area contributed by atoms with E-state index in [1.807, 2.05) is 54.6 Å². The lowest BCUT2D eigenvalue weighted by atomic mass is 9.90. The Morgan fingerprint density at radius 3 is 2.34 bits per heavy atom. The Bertz CT molecular complexity index is 1370. The lowest BCUT2D eigenvalue weighted by molar-refractivity contribution is -0.123. The van der Waals surface area contributed by atoms with Crippen molar-refractivity contribution in [2.75, 3.05) is 5.32 Å². The Kier molecular flexibility index (Phi) is 6.44. The van der Waals surface area contributed by atoms with E-state index in [-0.39, 0.29) is 0 Å². The van der Waals surface area contributed by atoms with E-state index >= 15 is 0 Å². The maximum atomic E-state index is 13.3. The van der Waals surface area contributed by atoms with Gasteiger partial charge in [0.15, 0.2) is 6.10 Å². The van der Waals surface area contributed by atoms with Crippen molar-refractivity contribution in [3.63, 3.8) is 0 Å². The van der Waals surface area contributed by atoms with Crippen LogP contribution in [0.5, 0.6) is 11.5 Å². The van der Waals surface area contributed by atoms with Gasteiger partial charge in [-0.15, -0.1) is 0 Å². The molecule has 0 saturated carbocycles. The number of ether oxygens (including phenoxy) is 2. The lowest BCUT2D eigenvalue weighted by Gasteiger charge is -2.21. The van der Waals surface area contributed by atoms with E-state index in [2.05, 4.69) is 5.32 Å². The highest BCUT2D eigenvalue weighted by atomic mass is 16.5. The maximum Gasteiger partial charge on any atom is 0.339 e. The number of para-hydroxylation sites is 2. The van der Waals surface area contributed by atoms with Crippen LogP contribution in [0, 0.1) is 0 Å². The van der Waals surface area contributed by atoms with E-state index in [1.54, 1.807) is 31.2 Å². The molecule has 176 valence electrons. The highest BCUT2D eigenvalue weighted by Gasteiger charge is 2.26. The number of pyridine rings is 1. The third-order valence-electron chi connectivity index (χ3n) is 6.13. The largest absolute Gasteiger partial charge is 0.457 e. The number of nitrogens with one attached hydrogen (secondary N) is 1. The zero-order valence-corrected chi connectivity index (χ0v) is 19.5. The molecule has 6 nitrogen and oxygen atoms in total. The Hall–Kier alpha value is -4.19. The molecule has 1 unspecified atom stereocenters. The molecule has 1 amide bonds. The molecule has 1 heterocycles. The Balaban J connectivity index is 1.28. The summed E-state index contributed by atoms with van der Waals surface area (Å²) in [5.41, 5.74) is 3.80. The van der Waals surface area contributed by atoms with Crippen LogP contribution in [-0.4, -0.2) is 23.0 Å². The SMILES string of the molecule is CC(OC(=O)c1c2c(nc3ccccc13)CCCC2)C(=O)Nc1ccc(Oc2ccccc2)cc1. The summed E-state index contributed by atoms with van der Waals surface area (Å²) in [5.74, 6) is 0.497. The van der Waals surface area contributed by atoms with Gasteiger partial charge in [0.05, 0.1) is 11.1 Å². The van der Waals surface area contributed by atoms with Gasteiger partial charge >= 0.3 is 5.97 Å². The molecule has 0 bridgehead atoms. The van der Waals surface area contributed by atoms with Crippen LogP contribution in [0.15, 0.2) is 78.9 Å². The zero-order valence-electron chi connectivity index (χ0n) is 19.5. The van der Waals surface area contributed by atoms with E-state index in [1.165, 1.54) is 0 Å². The fraction of sp³-hybridized carbons (Fsp3) is 0.207. The second-order valence-corrected chi connectivity index (χ2v) is 8.61. The zero-order chi connectivity index (χ0) is 24.2. The molecule has 35 heavy (non-hydrogen) atoms. The molecule has 1 aliphatic rings. The first-order valence-corrected chi connectivity index (χ1v) is 11.8. The molecule has 4 aromatic rings. The number of fused-ring (bicyclic) bond motifs is 2. The predicted octanol–water partition coefficient (Wildman–Crippen LogP) is 6.09. The van der Waals surface area contributed by atoms with Gasteiger partial charge in [0.1, 0.15) is 11.5 Å². The van der Waals surface area contributed by atoms with Crippen molar-refractivity contribution in [3.8, 4) is 11.5 Å². The van der Waals surface area contributed by atoms with E-state index < -0.39 is 18.0 Å². The van der Waals surface area contributed by atoms with Gasteiger partial charge < -0.3 is 14.8 Å². The first kappa shape index (κ1) is 22.6. The van der Waals surface area contributed by atoms with Gasteiger partial charge in [-0.2, -0.15) is 0 Å². The van der Waals surface area contributed by atoms with Crippen molar-refractivity contribution in [3.05, 3.63) is 95.7 Å². The third-order valence-corrected chi connectivity index (χ3v) is 6.13. The van der Waals surface area contributed by atoms with Crippen LogP contribution in [0.3, 0.4) is 0 Å². The second kappa shape index (κ2) is 9.97. The minimum Gasteiger partial charge on any atom is -0.457 e. The number of nitrogens with zero attached hydrogens (tertiary/aromatic N) is 1. The number of esters is 1. The molecule has 0 spiro atoms. The van der Waals surface area contributed by atoms with Crippen LogP contribution < -0.4 is 10.1 Å². The van der Waals surface area contributed by atoms with Crippen LogP contribution in [-0.2, 0) is 22.4 Å². The van der Waals surface area contributed by atoms with Gasteiger partial charge in [-0.25, -0.2) is 4.79 Å². The number of carbonyl (C=O) groups excluding carboxylic acids is 2. The topological polar surface area (TPSA) is 77.5 Å². The molecule has 5 rings (SSSR count). The Labute approximate surface area is 203 Å². The van der Waals surface area contributed by atoms with Gasteiger partial charge in [-0.05, 0) is 80.6 Å². The highest BCUT2D eigenvalue weighted by molar-refractivity contribution is 6.06. The fourth-order valence-corrected chi connectivity index (χ4v) is 4.35. The van der Waals surface area contributed by atoms with Crippen LogP contribution in [0.2, 0.25) is 0 Å². The molecule has 0 aliphatic heterocycles. The minimum atomic E-state index is -0.964. The van der Waals surface area contributed by atoms with Crippen molar-refractivity contribution >= 4 is 28.5 Å². The monoisotopic (exact) mass is 466 g/mol. The molecule has 1 aliphatic carbocycles. The van der Waals surface area contributed by atoms with E-state index in [9.17, 15) is 9.59 Å². The van der Waals surface area contributed by atoms with E-state index in [0.29, 0.717) is 17.0 Å². The summed E-state index contributed by atoms with van der Waals surface area (Å²) in [5, 5.41) is 3.57. The molecular weight excluding hydrogens is 440 g/mol. The van der Waals surface area contributed by atoms with Crippen molar-refractivity contribution in [2.24, 2.45) is 0 Å². The summed E-state index contributed by atoms with van der Waals surface area (Å²) >= 11 is 0. The number of aryl methyl sites for hydroxylation is 1. The molecule has 3 aromatic carbocycles. The number of amides is 1. The highest BCUT2D eigenvalue weighted by Crippen LogP contribution is 2.30. The van der Waals surface area contributed by atoms with E-state index in [0.717, 1.165) is 53.6 Å².